The summed E-state index contributed by atoms with van der Waals surface area (Å²) in [4.78, 5) is 43.1. The lowest BCUT2D eigenvalue weighted by molar-refractivity contribution is -0.145. The van der Waals surface area contributed by atoms with Crippen LogP contribution in [-0.4, -0.2) is 69.3 Å². The number of carbonyl (C=O) groups is 3. The molecule has 1 N–H and O–H groups in total. The van der Waals surface area contributed by atoms with Gasteiger partial charge in [-0.2, -0.15) is 5.10 Å². The van der Waals surface area contributed by atoms with Crippen molar-refractivity contribution in [2.24, 2.45) is 16.7 Å². The maximum Gasteiger partial charge on any atom is 0.412 e. The van der Waals surface area contributed by atoms with Gasteiger partial charge in [-0.1, -0.05) is 56.3 Å². The van der Waals surface area contributed by atoms with E-state index in [-0.39, 0.29) is 34.5 Å². The number of hydrogen-bond acceptors (Lipinski definition) is 5. The Kier molecular flexibility index (Phi) is 7.10. The maximum absolute atomic E-state index is 13.8. The van der Waals surface area contributed by atoms with Crippen LogP contribution in [0.25, 0.3) is 0 Å². The molecule has 2 saturated heterocycles. The molecule has 2 atom stereocenters. The largest absolute Gasteiger partial charge is 0.444 e. The Hall–Kier alpha value is -4.14. The molecule has 9 nitrogen and oxygen atoms in total. The number of hydrogen-bond donors (Lipinski definition) is 1. The smallest absolute Gasteiger partial charge is 0.412 e. The van der Waals surface area contributed by atoms with E-state index in [2.05, 4.69) is 24.3 Å². The number of nitrogens with zero attached hydrogens (tertiary/aromatic N) is 4. The predicted molar refractivity (Wildman–Crippen MR) is 164 cm³/mol. The SMILES string of the molecule is CC(C)(C)OC(=O)Nc1ccc(C2CN(C(=O)c3cnn(Cc4ccccc4)c3)CC23CN(C(=O)[C@H]2CC2(C)C)C3)cc1. The average Bonchev–Trinajstić information content (AvgIpc) is 3.25. The molecular formula is C34H41N5O4. The second-order valence-electron chi connectivity index (χ2n) is 14.2. The van der Waals surface area contributed by atoms with E-state index in [9.17, 15) is 14.4 Å². The summed E-state index contributed by atoms with van der Waals surface area (Å²) < 4.78 is 7.18. The third-order valence-corrected chi connectivity index (χ3v) is 9.10. The van der Waals surface area contributed by atoms with Crippen molar-refractivity contribution in [3.05, 3.63) is 83.7 Å². The number of benzene rings is 2. The highest BCUT2D eigenvalue weighted by Gasteiger charge is 2.60. The Labute approximate surface area is 253 Å². The third kappa shape index (κ3) is 6.03. The Balaban J connectivity index is 1.19. The predicted octanol–water partition coefficient (Wildman–Crippen LogP) is 5.39. The molecule has 3 amide bonds. The molecule has 1 spiro atoms. The minimum Gasteiger partial charge on any atom is -0.444 e. The van der Waals surface area contributed by atoms with Crippen LogP contribution in [0.5, 0.6) is 0 Å². The van der Waals surface area contributed by atoms with Crippen LogP contribution in [0, 0.1) is 16.7 Å². The highest BCUT2D eigenvalue weighted by molar-refractivity contribution is 5.94. The molecule has 43 heavy (non-hydrogen) atoms. The van der Waals surface area contributed by atoms with Crippen molar-refractivity contribution in [1.29, 1.82) is 0 Å². The summed E-state index contributed by atoms with van der Waals surface area (Å²) >= 11 is 0. The second kappa shape index (κ2) is 10.5. The van der Waals surface area contributed by atoms with E-state index >= 15 is 0 Å². The van der Waals surface area contributed by atoms with Gasteiger partial charge in [0.15, 0.2) is 0 Å². The summed E-state index contributed by atoms with van der Waals surface area (Å²) in [5.41, 5.74) is 2.69. The van der Waals surface area contributed by atoms with Crippen LogP contribution in [0.1, 0.15) is 68.4 Å². The number of nitrogens with one attached hydrogen (secondary N) is 1. The fourth-order valence-corrected chi connectivity index (χ4v) is 6.62. The highest BCUT2D eigenvalue weighted by atomic mass is 16.6. The zero-order chi connectivity index (χ0) is 30.6. The summed E-state index contributed by atoms with van der Waals surface area (Å²) in [5, 5.41) is 7.25. The third-order valence-electron chi connectivity index (χ3n) is 9.10. The van der Waals surface area contributed by atoms with E-state index in [0.29, 0.717) is 44.0 Å². The van der Waals surface area contributed by atoms with Crippen molar-refractivity contribution in [3.63, 3.8) is 0 Å². The number of aromatic nitrogens is 2. The topological polar surface area (TPSA) is 96.8 Å². The molecule has 3 fully saturated rings. The van der Waals surface area contributed by atoms with Gasteiger partial charge in [0.25, 0.3) is 5.91 Å². The van der Waals surface area contributed by atoms with Gasteiger partial charge < -0.3 is 14.5 Å². The standard InChI is InChI=1S/C34H41N5O4/c1-32(2,3)43-31(42)36-26-13-11-24(12-14-26)28-19-37(20-34(28)21-38(22-34)30(41)27-15-33(27,4)5)29(40)25-16-35-39(18-25)17-23-9-7-6-8-10-23/h6-14,16,18,27-28H,15,17,19-22H2,1-5H3,(H,36,42)/t27-,28?/m1/s1. The normalized spacial score (nSPS) is 21.8. The molecule has 2 aromatic carbocycles. The Bertz CT molecular complexity index is 1520. The van der Waals surface area contributed by atoms with Crippen molar-refractivity contribution in [2.75, 3.05) is 31.5 Å². The highest BCUT2D eigenvalue weighted by Crippen LogP contribution is 2.55. The van der Waals surface area contributed by atoms with Crippen LogP contribution in [0.2, 0.25) is 0 Å². The van der Waals surface area contributed by atoms with Crippen molar-refractivity contribution >= 4 is 23.6 Å². The number of ether oxygens (including phenoxy) is 1. The summed E-state index contributed by atoms with van der Waals surface area (Å²) in [6.07, 6.45) is 3.90. The lowest BCUT2D eigenvalue weighted by atomic mass is 9.68. The second-order valence-corrected chi connectivity index (χ2v) is 14.2. The number of likely N-dealkylation sites (tertiary alicyclic amines) is 2. The molecule has 9 heteroatoms. The Morgan fingerprint density at radius 3 is 2.26 bits per heavy atom. The molecule has 226 valence electrons. The number of rotatable bonds is 6. The van der Waals surface area contributed by atoms with E-state index in [0.717, 1.165) is 17.5 Å². The van der Waals surface area contributed by atoms with Gasteiger partial charge in [0.05, 0.1) is 18.3 Å². The van der Waals surface area contributed by atoms with Gasteiger partial charge in [0.1, 0.15) is 5.60 Å². The summed E-state index contributed by atoms with van der Waals surface area (Å²) in [6.45, 7) is 12.8. The first kappa shape index (κ1) is 29.0. The molecule has 0 bridgehead atoms. The molecule has 3 aliphatic rings. The van der Waals surface area contributed by atoms with Gasteiger partial charge in [-0.15, -0.1) is 0 Å². The minimum absolute atomic E-state index is 0.0440. The molecule has 6 rings (SSSR count). The molecule has 1 aliphatic carbocycles. The molecule has 2 aliphatic heterocycles. The quantitative estimate of drug-likeness (QED) is 0.420. The molecule has 1 unspecified atom stereocenters. The summed E-state index contributed by atoms with van der Waals surface area (Å²) in [7, 11) is 0. The zero-order valence-electron chi connectivity index (χ0n) is 25.7. The van der Waals surface area contributed by atoms with Gasteiger partial charge in [-0.3, -0.25) is 19.6 Å². The number of anilines is 1. The first-order chi connectivity index (χ1) is 20.3. The van der Waals surface area contributed by atoms with Crippen LogP contribution in [0.3, 0.4) is 0 Å². The van der Waals surface area contributed by atoms with Crippen molar-refractivity contribution < 1.29 is 19.1 Å². The van der Waals surface area contributed by atoms with Gasteiger partial charge in [0.2, 0.25) is 5.91 Å². The zero-order valence-corrected chi connectivity index (χ0v) is 25.7. The van der Waals surface area contributed by atoms with Crippen molar-refractivity contribution in [3.8, 4) is 0 Å². The lowest BCUT2D eigenvalue weighted by Gasteiger charge is -2.51. The first-order valence-corrected chi connectivity index (χ1v) is 15.1. The first-order valence-electron chi connectivity index (χ1n) is 15.1. The van der Waals surface area contributed by atoms with Crippen molar-refractivity contribution in [1.82, 2.24) is 19.6 Å². The average molecular weight is 584 g/mol. The monoisotopic (exact) mass is 583 g/mol. The van der Waals surface area contributed by atoms with Crippen LogP contribution < -0.4 is 5.32 Å². The maximum atomic E-state index is 13.8. The Morgan fingerprint density at radius 1 is 0.977 bits per heavy atom. The molecule has 3 heterocycles. The number of amides is 3. The fourth-order valence-electron chi connectivity index (χ4n) is 6.62. The lowest BCUT2D eigenvalue weighted by Crippen LogP contribution is -2.62. The van der Waals surface area contributed by atoms with E-state index in [1.54, 1.807) is 10.9 Å². The van der Waals surface area contributed by atoms with E-state index in [4.69, 9.17) is 4.74 Å². The molecule has 1 aromatic heterocycles. The molecule has 3 aromatic rings. The van der Waals surface area contributed by atoms with Crippen LogP contribution >= 0.6 is 0 Å². The van der Waals surface area contributed by atoms with Gasteiger partial charge in [0, 0.05) is 55.3 Å². The van der Waals surface area contributed by atoms with E-state index < -0.39 is 11.7 Å². The summed E-state index contributed by atoms with van der Waals surface area (Å²) in [6, 6.07) is 17.8. The summed E-state index contributed by atoms with van der Waals surface area (Å²) in [5.74, 6) is 0.342. The Morgan fingerprint density at radius 2 is 1.63 bits per heavy atom. The van der Waals surface area contributed by atoms with Crippen LogP contribution in [-0.2, 0) is 16.1 Å². The van der Waals surface area contributed by atoms with Crippen LogP contribution in [0.15, 0.2) is 67.0 Å². The minimum atomic E-state index is -0.586. The van der Waals surface area contributed by atoms with Crippen LogP contribution in [0.4, 0.5) is 10.5 Å². The van der Waals surface area contributed by atoms with Gasteiger partial charge in [-0.25, -0.2) is 4.79 Å². The molecule has 1 saturated carbocycles. The number of carbonyl (C=O) groups excluding carboxylic acids is 3. The van der Waals surface area contributed by atoms with E-state index in [1.165, 1.54) is 0 Å². The van der Waals surface area contributed by atoms with Gasteiger partial charge in [-0.05, 0) is 55.9 Å². The van der Waals surface area contributed by atoms with Gasteiger partial charge >= 0.3 is 6.09 Å². The molecule has 0 radical (unpaired) electrons. The van der Waals surface area contributed by atoms with E-state index in [1.807, 2.05) is 91.4 Å². The molecular weight excluding hydrogens is 542 g/mol. The van der Waals surface area contributed by atoms with Crippen molar-refractivity contribution in [2.45, 2.75) is 59.1 Å². The fraction of sp³-hybridized carbons (Fsp3) is 0.471.